The van der Waals surface area contributed by atoms with Gasteiger partial charge >= 0.3 is 5.97 Å². The molecule has 1 unspecified atom stereocenters. The molecule has 2 rings (SSSR count). The average Bonchev–Trinajstić information content (AvgIpc) is 2.47. The van der Waals surface area contributed by atoms with Gasteiger partial charge in [0.25, 0.3) is 5.91 Å². The number of nitrogens with zero attached hydrogens (tertiary/aromatic N) is 2. The molecule has 108 valence electrons. The molecule has 0 bridgehead atoms. The minimum atomic E-state index is -0.675. The van der Waals surface area contributed by atoms with Crippen LogP contribution in [0.4, 0.5) is 4.39 Å². The van der Waals surface area contributed by atoms with Crippen LogP contribution in [0.3, 0.4) is 0 Å². The summed E-state index contributed by atoms with van der Waals surface area (Å²) >= 11 is 0. The lowest BCUT2D eigenvalue weighted by Crippen LogP contribution is -2.48. The molecule has 0 radical (unpaired) electrons. The number of carbonyl (C=O) groups excluding carboxylic acids is 2. The molecule has 1 aliphatic rings. The Kier molecular flexibility index (Phi) is 4.65. The Hall–Kier alpha value is -1.98. The Labute approximate surface area is 116 Å². The molecule has 1 atom stereocenters. The predicted octanol–water partition coefficient (Wildman–Crippen LogP) is 1.78. The van der Waals surface area contributed by atoms with Crippen molar-refractivity contribution in [1.82, 2.24) is 9.88 Å². The first-order chi connectivity index (χ1) is 9.65. The van der Waals surface area contributed by atoms with Gasteiger partial charge in [-0.05, 0) is 32.3 Å². The molecule has 0 saturated carbocycles. The molecule has 1 amide bonds. The molecule has 1 fully saturated rings. The standard InChI is InChI=1S/C14H17FN2O3/c1-2-20-14(19)12-5-3-4-8-17(12)13(18)10-6-7-16-9-11(10)15/h6-7,9,12H,2-5,8H2,1H3. The second kappa shape index (κ2) is 6.45. The zero-order chi connectivity index (χ0) is 14.5. The average molecular weight is 280 g/mol. The van der Waals surface area contributed by atoms with E-state index < -0.39 is 23.7 Å². The van der Waals surface area contributed by atoms with Crippen molar-refractivity contribution in [2.45, 2.75) is 32.2 Å². The van der Waals surface area contributed by atoms with Crippen LogP contribution < -0.4 is 0 Å². The van der Waals surface area contributed by atoms with Crippen molar-refractivity contribution < 1.29 is 18.7 Å². The van der Waals surface area contributed by atoms with E-state index in [0.29, 0.717) is 13.0 Å². The van der Waals surface area contributed by atoms with E-state index in [9.17, 15) is 14.0 Å². The molecule has 1 aromatic heterocycles. The number of esters is 1. The van der Waals surface area contributed by atoms with Crippen LogP contribution in [0.25, 0.3) is 0 Å². The Morgan fingerprint density at radius 2 is 2.30 bits per heavy atom. The quantitative estimate of drug-likeness (QED) is 0.792. The van der Waals surface area contributed by atoms with Crippen molar-refractivity contribution >= 4 is 11.9 Å². The molecule has 1 saturated heterocycles. The van der Waals surface area contributed by atoms with E-state index in [1.165, 1.54) is 17.2 Å². The molecule has 2 heterocycles. The van der Waals surface area contributed by atoms with Crippen molar-refractivity contribution in [3.63, 3.8) is 0 Å². The number of hydrogen-bond donors (Lipinski definition) is 0. The van der Waals surface area contributed by atoms with Gasteiger partial charge in [0.2, 0.25) is 0 Å². The van der Waals surface area contributed by atoms with Crippen LogP contribution in [0.2, 0.25) is 0 Å². The molecular formula is C14H17FN2O3. The maximum atomic E-state index is 13.6. The minimum absolute atomic E-state index is 0.0591. The van der Waals surface area contributed by atoms with Crippen molar-refractivity contribution in [1.29, 1.82) is 0 Å². The number of rotatable bonds is 3. The largest absolute Gasteiger partial charge is 0.464 e. The zero-order valence-electron chi connectivity index (χ0n) is 11.3. The van der Waals surface area contributed by atoms with E-state index in [1.807, 2.05) is 0 Å². The van der Waals surface area contributed by atoms with Crippen molar-refractivity contribution in [2.75, 3.05) is 13.2 Å². The van der Waals surface area contributed by atoms with Crippen LogP contribution >= 0.6 is 0 Å². The van der Waals surface area contributed by atoms with E-state index in [2.05, 4.69) is 4.98 Å². The summed E-state index contributed by atoms with van der Waals surface area (Å²) in [5, 5.41) is 0. The topological polar surface area (TPSA) is 59.5 Å². The molecule has 0 aliphatic carbocycles. The number of likely N-dealkylation sites (tertiary alicyclic amines) is 1. The summed E-state index contributed by atoms with van der Waals surface area (Å²) in [5.74, 6) is -1.58. The van der Waals surface area contributed by atoms with Crippen molar-refractivity contribution in [3.05, 3.63) is 29.8 Å². The van der Waals surface area contributed by atoms with E-state index in [-0.39, 0.29) is 12.2 Å². The van der Waals surface area contributed by atoms with Gasteiger partial charge < -0.3 is 9.64 Å². The molecule has 20 heavy (non-hydrogen) atoms. The van der Waals surface area contributed by atoms with Crippen LogP contribution in [0.1, 0.15) is 36.5 Å². The number of amides is 1. The van der Waals surface area contributed by atoms with Crippen molar-refractivity contribution in [3.8, 4) is 0 Å². The van der Waals surface area contributed by atoms with Crippen LogP contribution in [-0.2, 0) is 9.53 Å². The molecule has 6 heteroatoms. The van der Waals surface area contributed by atoms with Gasteiger partial charge in [0, 0.05) is 12.7 Å². The lowest BCUT2D eigenvalue weighted by atomic mass is 10.0. The summed E-state index contributed by atoms with van der Waals surface area (Å²) in [7, 11) is 0. The fraction of sp³-hybridized carbons (Fsp3) is 0.500. The van der Waals surface area contributed by atoms with Gasteiger partial charge in [0.1, 0.15) is 6.04 Å². The SMILES string of the molecule is CCOC(=O)C1CCCCN1C(=O)c1ccncc1F. The first kappa shape index (κ1) is 14.4. The number of aromatic nitrogens is 1. The minimum Gasteiger partial charge on any atom is -0.464 e. The summed E-state index contributed by atoms with van der Waals surface area (Å²) in [5.41, 5.74) is -0.0591. The maximum Gasteiger partial charge on any atom is 0.328 e. The number of ether oxygens (including phenoxy) is 1. The molecule has 0 spiro atoms. The molecule has 5 nitrogen and oxygen atoms in total. The first-order valence-electron chi connectivity index (χ1n) is 6.72. The third-order valence-electron chi connectivity index (χ3n) is 3.33. The monoisotopic (exact) mass is 280 g/mol. The summed E-state index contributed by atoms with van der Waals surface area (Å²) in [6, 6.07) is 0.706. The molecule has 1 aliphatic heterocycles. The smallest absolute Gasteiger partial charge is 0.328 e. The van der Waals surface area contributed by atoms with Crippen LogP contribution in [0, 0.1) is 5.82 Å². The van der Waals surface area contributed by atoms with E-state index >= 15 is 0 Å². The van der Waals surface area contributed by atoms with Gasteiger partial charge in [0.05, 0.1) is 18.4 Å². The van der Waals surface area contributed by atoms with Crippen molar-refractivity contribution in [2.24, 2.45) is 0 Å². The van der Waals surface area contributed by atoms with Gasteiger partial charge in [-0.2, -0.15) is 0 Å². The van der Waals surface area contributed by atoms with Crippen LogP contribution in [0.5, 0.6) is 0 Å². The van der Waals surface area contributed by atoms with Gasteiger partial charge in [-0.15, -0.1) is 0 Å². The molecular weight excluding hydrogens is 263 g/mol. The Morgan fingerprint density at radius 3 is 3.00 bits per heavy atom. The third kappa shape index (κ3) is 2.95. The molecule has 1 aromatic rings. The van der Waals surface area contributed by atoms with Gasteiger partial charge in [-0.3, -0.25) is 9.78 Å². The Balaban J connectivity index is 2.22. The van der Waals surface area contributed by atoms with E-state index in [1.54, 1.807) is 6.92 Å². The second-order valence-corrected chi connectivity index (χ2v) is 4.62. The van der Waals surface area contributed by atoms with Gasteiger partial charge in [0.15, 0.2) is 5.82 Å². The first-order valence-corrected chi connectivity index (χ1v) is 6.72. The Bertz CT molecular complexity index is 507. The van der Waals surface area contributed by atoms with E-state index in [4.69, 9.17) is 4.74 Å². The number of piperidine rings is 1. The fourth-order valence-electron chi connectivity index (χ4n) is 2.36. The Morgan fingerprint density at radius 1 is 1.50 bits per heavy atom. The summed E-state index contributed by atoms with van der Waals surface area (Å²) < 4.78 is 18.6. The number of pyridine rings is 1. The molecule has 0 N–H and O–H groups in total. The van der Waals surface area contributed by atoms with E-state index in [0.717, 1.165) is 19.0 Å². The summed E-state index contributed by atoms with van der Waals surface area (Å²) in [4.78, 5) is 29.3. The maximum absolute atomic E-state index is 13.6. The number of hydrogen-bond acceptors (Lipinski definition) is 4. The fourth-order valence-corrected chi connectivity index (χ4v) is 2.36. The van der Waals surface area contributed by atoms with Gasteiger partial charge in [-0.25, -0.2) is 9.18 Å². The lowest BCUT2D eigenvalue weighted by molar-refractivity contribution is -0.149. The zero-order valence-corrected chi connectivity index (χ0v) is 11.3. The second-order valence-electron chi connectivity index (χ2n) is 4.62. The normalized spacial score (nSPS) is 18.7. The highest BCUT2D eigenvalue weighted by Crippen LogP contribution is 2.21. The van der Waals surface area contributed by atoms with Gasteiger partial charge in [-0.1, -0.05) is 0 Å². The van der Waals surface area contributed by atoms with Crippen LogP contribution in [0.15, 0.2) is 18.5 Å². The molecule has 0 aromatic carbocycles. The predicted molar refractivity (Wildman–Crippen MR) is 69.5 cm³/mol. The highest BCUT2D eigenvalue weighted by atomic mass is 19.1. The number of halogens is 1. The highest BCUT2D eigenvalue weighted by molar-refractivity contribution is 5.97. The summed E-state index contributed by atoms with van der Waals surface area (Å²) in [6.45, 7) is 2.42. The highest BCUT2D eigenvalue weighted by Gasteiger charge is 2.34. The number of carbonyl (C=O) groups is 2. The van der Waals surface area contributed by atoms with Crippen LogP contribution in [-0.4, -0.2) is 41.0 Å². The summed E-state index contributed by atoms with van der Waals surface area (Å²) in [6.07, 6.45) is 4.56. The third-order valence-corrected chi connectivity index (χ3v) is 3.33. The lowest BCUT2D eigenvalue weighted by Gasteiger charge is -2.34.